The van der Waals surface area contributed by atoms with Gasteiger partial charge < -0.3 is 10.5 Å². The Morgan fingerprint density at radius 3 is 3.05 bits per heavy atom. The second-order valence-electron chi connectivity index (χ2n) is 6.20. The molecule has 0 radical (unpaired) electrons. The molecule has 2 N–H and O–H groups in total. The van der Waals surface area contributed by atoms with Crippen molar-refractivity contribution in [1.82, 2.24) is 4.90 Å². The number of nitrogens with zero attached hydrogens (tertiary/aromatic N) is 1. The molecule has 3 heteroatoms. The lowest BCUT2D eigenvalue weighted by molar-refractivity contribution is 0.119. The van der Waals surface area contributed by atoms with Gasteiger partial charge in [-0.15, -0.1) is 0 Å². The van der Waals surface area contributed by atoms with Crippen LogP contribution in [0.1, 0.15) is 42.9 Å². The normalized spacial score (nSPS) is 26.5. The van der Waals surface area contributed by atoms with Crippen LogP contribution in [0.4, 0.5) is 0 Å². The average Bonchev–Trinajstić information content (AvgIpc) is 2.90. The third kappa shape index (κ3) is 2.70. The molecule has 0 saturated carbocycles. The summed E-state index contributed by atoms with van der Waals surface area (Å²) in [6.45, 7) is 3.29. The number of fused-ring (bicyclic) bond motifs is 1. The smallest absolute Gasteiger partial charge is 0.119 e. The van der Waals surface area contributed by atoms with Crippen LogP contribution in [-0.4, -0.2) is 31.6 Å². The van der Waals surface area contributed by atoms with Crippen molar-refractivity contribution in [2.45, 2.75) is 38.1 Å². The minimum absolute atomic E-state index is 0.598. The Kier molecular flexibility index (Phi) is 4.27. The lowest BCUT2D eigenvalue weighted by Gasteiger charge is -2.37. The van der Waals surface area contributed by atoms with Crippen LogP contribution in [0.25, 0.3) is 0 Å². The molecule has 2 unspecified atom stereocenters. The van der Waals surface area contributed by atoms with Crippen molar-refractivity contribution in [3.63, 3.8) is 0 Å². The maximum atomic E-state index is 5.74. The van der Waals surface area contributed by atoms with Crippen LogP contribution >= 0.6 is 0 Å². The summed E-state index contributed by atoms with van der Waals surface area (Å²) in [5, 5.41) is 0. The molecular weight excluding hydrogens is 248 g/mol. The zero-order valence-electron chi connectivity index (χ0n) is 12.5. The fourth-order valence-corrected chi connectivity index (χ4v) is 3.92. The number of nitrogens with two attached hydrogens (primary N) is 1. The van der Waals surface area contributed by atoms with Gasteiger partial charge in [0.1, 0.15) is 5.75 Å². The van der Waals surface area contributed by atoms with E-state index in [-0.39, 0.29) is 0 Å². The zero-order chi connectivity index (χ0) is 13.9. The number of ether oxygens (including phenoxy) is 1. The Labute approximate surface area is 122 Å². The summed E-state index contributed by atoms with van der Waals surface area (Å²) in [7, 11) is 1.75. The summed E-state index contributed by atoms with van der Waals surface area (Å²) in [5.74, 6) is 1.79. The highest BCUT2D eigenvalue weighted by molar-refractivity contribution is 5.40. The minimum atomic E-state index is 0.598. The number of methoxy groups -OCH3 is 1. The SMILES string of the molecule is COc1ccc2c(c1)C(N1CCCC(CCN)C1)CC2. The van der Waals surface area contributed by atoms with E-state index >= 15 is 0 Å². The van der Waals surface area contributed by atoms with Gasteiger partial charge in [-0.3, -0.25) is 4.90 Å². The summed E-state index contributed by atoms with van der Waals surface area (Å²) in [6, 6.07) is 7.18. The van der Waals surface area contributed by atoms with E-state index in [1.54, 1.807) is 7.11 Å². The molecular formula is C17H26N2O. The first-order valence-corrected chi connectivity index (χ1v) is 7.92. The number of hydrogen-bond donors (Lipinski definition) is 1. The quantitative estimate of drug-likeness (QED) is 0.917. The first-order chi connectivity index (χ1) is 9.81. The van der Waals surface area contributed by atoms with E-state index < -0.39 is 0 Å². The van der Waals surface area contributed by atoms with Gasteiger partial charge in [-0.2, -0.15) is 0 Å². The van der Waals surface area contributed by atoms with Crippen LogP contribution in [0.15, 0.2) is 18.2 Å². The van der Waals surface area contributed by atoms with E-state index in [2.05, 4.69) is 23.1 Å². The molecule has 20 heavy (non-hydrogen) atoms. The van der Waals surface area contributed by atoms with E-state index in [1.807, 2.05) is 0 Å². The fourth-order valence-electron chi connectivity index (χ4n) is 3.92. The third-order valence-corrected chi connectivity index (χ3v) is 4.97. The molecule has 110 valence electrons. The Bertz CT molecular complexity index is 458. The standard InChI is InChI=1S/C17H26N2O/c1-20-15-6-4-14-5-7-17(16(14)11-15)19-10-2-3-13(12-19)8-9-18/h4,6,11,13,17H,2-3,5,7-10,12,18H2,1H3. The molecule has 1 heterocycles. The Morgan fingerprint density at radius 1 is 1.35 bits per heavy atom. The van der Waals surface area contributed by atoms with Crippen molar-refractivity contribution in [1.29, 1.82) is 0 Å². The molecule has 1 aliphatic carbocycles. The highest BCUT2D eigenvalue weighted by Gasteiger charge is 2.31. The molecule has 1 aliphatic heterocycles. The Hall–Kier alpha value is -1.06. The molecule has 1 aromatic carbocycles. The molecule has 0 spiro atoms. The molecule has 1 aromatic rings. The van der Waals surface area contributed by atoms with Gasteiger partial charge in [0.25, 0.3) is 0 Å². The van der Waals surface area contributed by atoms with Crippen molar-refractivity contribution in [3.8, 4) is 5.75 Å². The molecule has 0 amide bonds. The monoisotopic (exact) mass is 274 g/mol. The molecule has 0 bridgehead atoms. The highest BCUT2D eigenvalue weighted by atomic mass is 16.5. The van der Waals surface area contributed by atoms with E-state index in [1.165, 1.54) is 56.3 Å². The molecule has 1 fully saturated rings. The van der Waals surface area contributed by atoms with Gasteiger partial charge in [-0.25, -0.2) is 0 Å². The number of aryl methyl sites for hydroxylation is 1. The second-order valence-corrected chi connectivity index (χ2v) is 6.20. The number of rotatable bonds is 4. The predicted molar refractivity (Wildman–Crippen MR) is 82.0 cm³/mol. The van der Waals surface area contributed by atoms with Crippen molar-refractivity contribution in [2.75, 3.05) is 26.7 Å². The largest absolute Gasteiger partial charge is 0.497 e. The second kappa shape index (κ2) is 6.15. The summed E-state index contributed by atoms with van der Waals surface area (Å²) in [5.41, 5.74) is 8.75. The summed E-state index contributed by atoms with van der Waals surface area (Å²) >= 11 is 0. The van der Waals surface area contributed by atoms with Crippen LogP contribution in [0.3, 0.4) is 0 Å². The van der Waals surface area contributed by atoms with Crippen molar-refractivity contribution in [2.24, 2.45) is 11.7 Å². The summed E-state index contributed by atoms with van der Waals surface area (Å²) < 4.78 is 5.40. The number of piperidine rings is 1. The lowest BCUT2D eigenvalue weighted by Crippen LogP contribution is -2.38. The van der Waals surface area contributed by atoms with Crippen LogP contribution in [0.2, 0.25) is 0 Å². The molecule has 1 saturated heterocycles. The van der Waals surface area contributed by atoms with Crippen molar-refractivity contribution in [3.05, 3.63) is 29.3 Å². The van der Waals surface area contributed by atoms with Crippen LogP contribution < -0.4 is 10.5 Å². The average molecular weight is 274 g/mol. The maximum Gasteiger partial charge on any atom is 0.119 e. The lowest BCUT2D eigenvalue weighted by atomic mass is 9.93. The van der Waals surface area contributed by atoms with Crippen LogP contribution in [-0.2, 0) is 6.42 Å². The number of hydrogen-bond acceptors (Lipinski definition) is 3. The van der Waals surface area contributed by atoms with E-state index in [9.17, 15) is 0 Å². The minimum Gasteiger partial charge on any atom is -0.497 e. The van der Waals surface area contributed by atoms with Gasteiger partial charge in [-0.05, 0) is 74.4 Å². The van der Waals surface area contributed by atoms with E-state index in [4.69, 9.17) is 10.5 Å². The van der Waals surface area contributed by atoms with E-state index in [0.717, 1.165) is 18.2 Å². The summed E-state index contributed by atoms with van der Waals surface area (Å²) in [6.07, 6.45) is 6.32. The maximum absolute atomic E-state index is 5.74. The highest BCUT2D eigenvalue weighted by Crippen LogP contribution is 2.39. The summed E-state index contributed by atoms with van der Waals surface area (Å²) in [4.78, 5) is 2.69. The Balaban J connectivity index is 1.76. The Morgan fingerprint density at radius 2 is 2.25 bits per heavy atom. The number of likely N-dealkylation sites (tertiary alicyclic amines) is 1. The first kappa shape index (κ1) is 13.9. The van der Waals surface area contributed by atoms with Gasteiger partial charge in [0.05, 0.1) is 7.11 Å². The molecule has 3 rings (SSSR count). The van der Waals surface area contributed by atoms with Gasteiger partial charge in [-0.1, -0.05) is 6.07 Å². The molecule has 2 aliphatic rings. The van der Waals surface area contributed by atoms with Gasteiger partial charge >= 0.3 is 0 Å². The zero-order valence-corrected chi connectivity index (χ0v) is 12.5. The van der Waals surface area contributed by atoms with Gasteiger partial charge in [0.15, 0.2) is 0 Å². The fraction of sp³-hybridized carbons (Fsp3) is 0.647. The molecule has 2 atom stereocenters. The van der Waals surface area contributed by atoms with Crippen LogP contribution in [0, 0.1) is 5.92 Å². The molecule has 3 nitrogen and oxygen atoms in total. The van der Waals surface area contributed by atoms with Crippen molar-refractivity contribution < 1.29 is 4.74 Å². The van der Waals surface area contributed by atoms with E-state index in [0.29, 0.717) is 6.04 Å². The van der Waals surface area contributed by atoms with Crippen LogP contribution in [0.5, 0.6) is 5.75 Å². The predicted octanol–water partition coefficient (Wildman–Crippen LogP) is 2.74. The van der Waals surface area contributed by atoms with Gasteiger partial charge in [0.2, 0.25) is 0 Å². The first-order valence-electron chi connectivity index (χ1n) is 7.92. The third-order valence-electron chi connectivity index (χ3n) is 4.97. The molecule has 0 aromatic heterocycles. The topological polar surface area (TPSA) is 38.5 Å². The van der Waals surface area contributed by atoms with Crippen molar-refractivity contribution >= 4 is 0 Å². The van der Waals surface area contributed by atoms with Gasteiger partial charge in [0, 0.05) is 12.6 Å². The number of benzene rings is 1.